The van der Waals surface area contributed by atoms with Gasteiger partial charge in [0.15, 0.2) is 0 Å². The quantitative estimate of drug-likeness (QED) is 0.805. The summed E-state index contributed by atoms with van der Waals surface area (Å²) < 4.78 is 0. The Morgan fingerprint density at radius 1 is 1.40 bits per heavy atom. The average molecular weight is 296 g/mol. The van der Waals surface area contributed by atoms with Gasteiger partial charge in [0.1, 0.15) is 18.0 Å². The van der Waals surface area contributed by atoms with Crippen LogP contribution in [0.1, 0.15) is 31.2 Å². The number of halogens is 1. The zero-order valence-corrected chi connectivity index (χ0v) is 12.1. The van der Waals surface area contributed by atoms with E-state index in [1.807, 2.05) is 0 Å². The van der Waals surface area contributed by atoms with Crippen molar-refractivity contribution in [3.63, 3.8) is 0 Å². The van der Waals surface area contributed by atoms with E-state index in [0.29, 0.717) is 24.3 Å². The molecule has 2 unspecified atom stereocenters. The monoisotopic (exact) mass is 295 g/mol. The lowest BCUT2D eigenvalue weighted by Crippen LogP contribution is -2.44. The lowest BCUT2D eigenvalue weighted by molar-refractivity contribution is -0.116. The van der Waals surface area contributed by atoms with Crippen LogP contribution in [0.4, 0.5) is 11.6 Å². The largest absolute Gasteiger partial charge is 0.350 e. The van der Waals surface area contributed by atoms with Crippen LogP contribution in [-0.2, 0) is 4.79 Å². The Morgan fingerprint density at radius 2 is 2.25 bits per heavy atom. The third-order valence-electron chi connectivity index (χ3n) is 4.29. The minimum absolute atomic E-state index is 0. The highest BCUT2D eigenvalue weighted by Gasteiger charge is 2.46. The van der Waals surface area contributed by atoms with Gasteiger partial charge in [-0.3, -0.25) is 4.79 Å². The number of amides is 1. The third kappa shape index (κ3) is 2.03. The molecule has 0 bridgehead atoms. The zero-order chi connectivity index (χ0) is 13.0. The van der Waals surface area contributed by atoms with Crippen molar-refractivity contribution in [2.75, 3.05) is 23.3 Å². The number of carbonyl (C=O) groups excluding carboxylic acids is 1. The number of hydrogen-bond donors (Lipinski definition) is 2. The van der Waals surface area contributed by atoms with Gasteiger partial charge in [-0.1, -0.05) is 6.92 Å². The molecule has 1 aromatic rings. The summed E-state index contributed by atoms with van der Waals surface area (Å²) in [5.74, 6) is 1.96. The molecule has 0 aromatic carbocycles. The highest BCUT2D eigenvalue weighted by atomic mass is 35.5. The SMILES string of the molecule is C[C@H]1CC(=O)Nc2ncnc(N3CCNC4CC43)c21.Cl. The summed E-state index contributed by atoms with van der Waals surface area (Å²) in [5.41, 5.74) is 1.11. The Bertz CT molecular complexity index is 552. The van der Waals surface area contributed by atoms with E-state index in [1.165, 1.54) is 6.42 Å². The molecule has 20 heavy (non-hydrogen) atoms. The Labute approximate surface area is 123 Å². The minimum atomic E-state index is 0. The molecule has 4 rings (SSSR count). The van der Waals surface area contributed by atoms with Gasteiger partial charge in [-0.05, 0) is 12.3 Å². The zero-order valence-electron chi connectivity index (χ0n) is 11.3. The molecule has 1 aromatic heterocycles. The number of carbonyl (C=O) groups is 1. The van der Waals surface area contributed by atoms with Crippen molar-refractivity contribution in [3.05, 3.63) is 11.9 Å². The number of anilines is 2. The standard InChI is InChI=1S/C13H17N5O.ClH/c1-7-4-10(19)17-12-11(7)13(16-6-15-12)18-3-2-14-8-5-9(8)18;/h6-9,14H,2-5H2,1H3,(H,15,16,17,19);1H/t7-,8?,9?;/m0./s1. The number of hydrogen-bond acceptors (Lipinski definition) is 5. The summed E-state index contributed by atoms with van der Waals surface area (Å²) in [6, 6.07) is 1.19. The molecule has 3 aliphatic rings. The first-order chi connectivity index (χ1) is 9.24. The van der Waals surface area contributed by atoms with Gasteiger partial charge in [0, 0.05) is 37.2 Å². The van der Waals surface area contributed by atoms with Crippen LogP contribution in [0, 0.1) is 0 Å². The van der Waals surface area contributed by atoms with Crippen LogP contribution in [-0.4, -0.2) is 41.0 Å². The maximum atomic E-state index is 11.6. The Kier molecular flexibility index (Phi) is 3.30. The van der Waals surface area contributed by atoms with Crippen LogP contribution in [0.25, 0.3) is 0 Å². The van der Waals surface area contributed by atoms with Crippen molar-refractivity contribution in [2.24, 2.45) is 0 Å². The van der Waals surface area contributed by atoms with E-state index in [-0.39, 0.29) is 24.2 Å². The lowest BCUT2D eigenvalue weighted by atomic mass is 9.94. The van der Waals surface area contributed by atoms with E-state index >= 15 is 0 Å². The van der Waals surface area contributed by atoms with Crippen molar-refractivity contribution in [2.45, 2.75) is 37.8 Å². The Morgan fingerprint density at radius 3 is 3.10 bits per heavy atom. The van der Waals surface area contributed by atoms with E-state index in [9.17, 15) is 4.79 Å². The van der Waals surface area contributed by atoms with E-state index in [1.54, 1.807) is 6.33 Å². The number of piperazine rings is 1. The molecule has 1 saturated heterocycles. The van der Waals surface area contributed by atoms with Crippen LogP contribution in [0.3, 0.4) is 0 Å². The van der Waals surface area contributed by atoms with Crippen LogP contribution in [0.2, 0.25) is 0 Å². The molecule has 1 saturated carbocycles. The first-order valence-corrected chi connectivity index (χ1v) is 6.89. The number of rotatable bonds is 1. The van der Waals surface area contributed by atoms with E-state index in [0.717, 1.165) is 24.5 Å². The molecule has 0 radical (unpaired) electrons. The van der Waals surface area contributed by atoms with Gasteiger partial charge in [-0.25, -0.2) is 9.97 Å². The normalized spacial score (nSPS) is 30.8. The van der Waals surface area contributed by atoms with Crippen molar-refractivity contribution < 1.29 is 4.79 Å². The number of nitrogens with zero attached hydrogens (tertiary/aromatic N) is 3. The first-order valence-electron chi connectivity index (χ1n) is 6.89. The predicted molar refractivity (Wildman–Crippen MR) is 78.5 cm³/mol. The Hall–Kier alpha value is -1.40. The van der Waals surface area contributed by atoms with Crippen molar-refractivity contribution in [1.82, 2.24) is 15.3 Å². The average Bonchev–Trinajstić information content (AvgIpc) is 3.16. The van der Waals surface area contributed by atoms with Crippen LogP contribution < -0.4 is 15.5 Å². The highest BCUT2D eigenvalue weighted by Crippen LogP contribution is 2.41. The van der Waals surface area contributed by atoms with Gasteiger partial charge >= 0.3 is 0 Å². The van der Waals surface area contributed by atoms with Gasteiger partial charge in [0.25, 0.3) is 0 Å². The van der Waals surface area contributed by atoms with Gasteiger partial charge in [-0.2, -0.15) is 0 Å². The fraction of sp³-hybridized carbons (Fsp3) is 0.615. The van der Waals surface area contributed by atoms with Crippen molar-refractivity contribution in [3.8, 4) is 0 Å². The van der Waals surface area contributed by atoms with Crippen LogP contribution >= 0.6 is 12.4 Å². The Balaban J connectivity index is 0.00000121. The van der Waals surface area contributed by atoms with E-state index < -0.39 is 0 Å². The second kappa shape index (κ2) is 4.86. The van der Waals surface area contributed by atoms with Crippen LogP contribution in [0.5, 0.6) is 0 Å². The molecule has 2 fully saturated rings. The molecule has 3 heterocycles. The predicted octanol–water partition coefficient (Wildman–Crippen LogP) is 0.895. The number of fused-ring (bicyclic) bond motifs is 2. The highest BCUT2D eigenvalue weighted by molar-refractivity contribution is 5.94. The summed E-state index contributed by atoms with van der Waals surface area (Å²) in [6.45, 7) is 4.06. The smallest absolute Gasteiger partial charge is 0.226 e. The fourth-order valence-corrected chi connectivity index (χ4v) is 3.28. The molecule has 108 valence electrons. The molecule has 3 atom stereocenters. The molecule has 1 aliphatic carbocycles. The van der Waals surface area contributed by atoms with Crippen molar-refractivity contribution in [1.29, 1.82) is 0 Å². The second-order valence-corrected chi connectivity index (χ2v) is 5.67. The molecule has 1 amide bonds. The molecule has 0 spiro atoms. The summed E-state index contributed by atoms with van der Waals surface area (Å²) in [5, 5.41) is 6.37. The molecule has 6 nitrogen and oxygen atoms in total. The summed E-state index contributed by atoms with van der Waals surface area (Å²) in [7, 11) is 0. The molecular weight excluding hydrogens is 278 g/mol. The first kappa shape index (κ1) is 13.6. The van der Waals surface area contributed by atoms with Gasteiger partial charge < -0.3 is 15.5 Å². The third-order valence-corrected chi connectivity index (χ3v) is 4.29. The topological polar surface area (TPSA) is 70.2 Å². The lowest BCUT2D eigenvalue weighted by Gasteiger charge is -2.33. The van der Waals surface area contributed by atoms with E-state index in [4.69, 9.17) is 0 Å². The summed E-state index contributed by atoms with van der Waals surface area (Å²) in [6.07, 6.45) is 3.28. The molecule has 7 heteroatoms. The fourth-order valence-electron chi connectivity index (χ4n) is 3.28. The number of nitrogens with one attached hydrogen (secondary N) is 2. The van der Waals surface area contributed by atoms with Crippen molar-refractivity contribution >= 4 is 29.9 Å². The minimum Gasteiger partial charge on any atom is -0.350 e. The maximum absolute atomic E-state index is 11.6. The number of aromatic nitrogens is 2. The summed E-state index contributed by atoms with van der Waals surface area (Å²) >= 11 is 0. The molecular formula is C13H18ClN5O. The van der Waals surface area contributed by atoms with Gasteiger partial charge in [0.2, 0.25) is 5.91 Å². The molecule has 2 N–H and O–H groups in total. The van der Waals surface area contributed by atoms with E-state index in [2.05, 4.69) is 32.4 Å². The maximum Gasteiger partial charge on any atom is 0.226 e. The molecule has 2 aliphatic heterocycles. The second-order valence-electron chi connectivity index (χ2n) is 5.67. The van der Waals surface area contributed by atoms with Gasteiger partial charge in [-0.15, -0.1) is 12.4 Å². The van der Waals surface area contributed by atoms with Gasteiger partial charge in [0.05, 0.1) is 0 Å². The van der Waals surface area contributed by atoms with Crippen LogP contribution in [0.15, 0.2) is 6.33 Å². The summed E-state index contributed by atoms with van der Waals surface area (Å²) in [4.78, 5) is 22.7.